The first-order valence-corrected chi connectivity index (χ1v) is 11.4. The summed E-state index contributed by atoms with van der Waals surface area (Å²) < 4.78 is 9.24. The molecular weight excluding hydrogens is 390 g/mol. The average molecular weight is 418 g/mol. The molecule has 2 unspecified atom stereocenters. The second-order valence-electron chi connectivity index (χ2n) is 10.7. The number of aryl methyl sites for hydroxylation is 3. The summed E-state index contributed by atoms with van der Waals surface area (Å²) in [4.78, 5) is 9.50. The van der Waals surface area contributed by atoms with E-state index in [9.17, 15) is 0 Å². The Bertz CT molecular complexity index is 1310. The highest BCUT2D eigenvalue weighted by Crippen LogP contribution is 2.67. The zero-order chi connectivity index (χ0) is 21.0. The second-order valence-corrected chi connectivity index (χ2v) is 10.7. The monoisotopic (exact) mass is 417 g/mol. The summed E-state index contributed by atoms with van der Waals surface area (Å²) in [6.07, 6.45) is 12.3. The van der Waals surface area contributed by atoms with Gasteiger partial charge in [0.2, 0.25) is 0 Å². The van der Waals surface area contributed by atoms with Crippen molar-refractivity contribution in [2.75, 3.05) is 0 Å². The van der Waals surface area contributed by atoms with Gasteiger partial charge < -0.3 is 4.52 Å². The summed E-state index contributed by atoms with van der Waals surface area (Å²) in [6, 6.07) is 0. The molecule has 4 heterocycles. The van der Waals surface area contributed by atoms with E-state index >= 15 is 0 Å². The molecule has 4 fully saturated rings. The van der Waals surface area contributed by atoms with Gasteiger partial charge in [-0.2, -0.15) is 5.10 Å². The largest absolute Gasteiger partial charge is 0.361 e. The Morgan fingerprint density at radius 1 is 1.13 bits per heavy atom. The maximum absolute atomic E-state index is 5.63. The van der Waals surface area contributed by atoms with Crippen LogP contribution in [0.1, 0.15) is 61.4 Å². The van der Waals surface area contributed by atoms with E-state index in [0.717, 1.165) is 52.2 Å². The minimum Gasteiger partial charge on any atom is -0.361 e. The van der Waals surface area contributed by atoms with Crippen molar-refractivity contribution in [1.29, 1.82) is 0 Å². The summed E-state index contributed by atoms with van der Waals surface area (Å²) in [6.45, 7) is 4.21. The Morgan fingerprint density at radius 3 is 2.68 bits per heavy atom. The number of aromatic nitrogens is 7. The highest BCUT2D eigenvalue weighted by molar-refractivity contribution is 5.88. The first-order chi connectivity index (χ1) is 14.9. The van der Waals surface area contributed by atoms with Crippen molar-refractivity contribution in [3.05, 3.63) is 35.4 Å². The molecule has 0 saturated heterocycles. The van der Waals surface area contributed by atoms with Gasteiger partial charge in [-0.05, 0) is 69.6 Å². The molecule has 160 valence electrons. The Kier molecular flexibility index (Phi) is 3.30. The molecule has 0 N–H and O–H groups in total. The zero-order valence-electron chi connectivity index (χ0n) is 18.3. The van der Waals surface area contributed by atoms with Gasteiger partial charge in [0.25, 0.3) is 0 Å². The summed E-state index contributed by atoms with van der Waals surface area (Å²) in [5, 5.41) is 14.5. The van der Waals surface area contributed by atoms with Crippen molar-refractivity contribution in [2.24, 2.45) is 24.3 Å². The summed E-state index contributed by atoms with van der Waals surface area (Å²) >= 11 is 0. The van der Waals surface area contributed by atoms with E-state index in [4.69, 9.17) is 14.6 Å². The van der Waals surface area contributed by atoms with Crippen molar-refractivity contribution in [3.8, 4) is 0 Å². The van der Waals surface area contributed by atoms with E-state index in [1.165, 1.54) is 44.1 Å². The Hall–Kier alpha value is -2.77. The van der Waals surface area contributed by atoms with E-state index in [2.05, 4.69) is 29.1 Å². The van der Waals surface area contributed by atoms with Gasteiger partial charge in [0.05, 0.1) is 17.3 Å². The maximum Gasteiger partial charge on any atom is 0.170 e. The smallest absolute Gasteiger partial charge is 0.170 e. The Balaban J connectivity index is 1.30. The third-order valence-corrected chi connectivity index (χ3v) is 8.39. The van der Waals surface area contributed by atoms with Crippen LogP contribution in [0.4, 0.5) is 0 Å². The lowest BCUT2D eigenvalue weighted by atomic mass is 9.42. The lowest BCUT2D eigenvalue weighted by molar-refractivity contribution is -0.0731. The van der Waals surface area contributed by atoms with Gasteiger partial charge in [0.1, 0.15) is 12.1 Å². The molecule has 4 aromatic heterocycles. The van der Waals surface area contributed by atoms with Crippen LogP contribution < -0.4 is 0 Å². The van der Waals surface area contributed by atoms with E-state index in [-0.39, 0.29) is 10.8 Å². The lowest BCUT2D eigenvalue weighted by Crippen LogP contribution is -2.55. The molecule has 4 bridgehead atoms. The summed E-state index contributed by atoms with van der Waals surface area (Å²) in [5.74, 6) is 3.54. The van der Waals surface area contributed by atoms with Crippen LogP contribution in [0, 0.1) is 31.1 Å². The van der Waals surface area contributed by atoms with E-state index < -0.39 is 0 Å². The number of hydrogen-bond acceptors (Lipinski definition) is 6. The fraction of sp³-hybridized carbons (Fsp3) is 0.609. The predicted molar refractivity (Wildman–Crippen MR) is 114 cm³/mol. The highest BCUT2D eigenvalue weighted by Gasteiger charge is 2.59. The molecule has 4 aliphatic carbocycles. The summed E-state index contributed by atoms with van der Waals surface area (Å²) in [7, 11) is 1.91. The number of nitrogens with zero attached hydrogens (tertiary/aromatic N) is 7. The quantitative estimate of drug-likeness (QED) is 0.505. The van der Waals surface area contributed by atoms with Crippen LogP contribution in [0.25, 0.3) is 16.7 Å². The standard InChI is InChI=1S/C23H27N7O/c1-13-19(14(2)31-28-13)23-7-15-4-16(8-23)6-22(5-15,11-23)9-18-26-21-17-10-25-29(3)20(17)24-12-30(21)27-18/h10,12,15-16H,4-9,11H2,1-3H3/t15-,16+,22?,23?. The molecule has 4 aliphatic rings. The molecule has 0 aliphatic heterocycles. The van der Waals surface area contributed by atoms with Crippen LogP contribution in [0.5, 0.6) is 0 Å². The molecular formula is C23H27N7O. The Morgan fingerprint density at radius 2 is 1.94 bits per heavy atom. The first kappa shape index (κ1) is 17.9. The van der Waals surface area contributed by atoms with E-state index in [1.54, 1.807) is 11.0 Å². The van der Waals surface area contributed by atoms with Crippen molar-refractivity contribution in [1.82, 2.24) is 34.5 Å². The fourth-order valence-electron chi connectivity index (χ4n) is 8.08. The molecule has 0 amide bonds. The zero-order valence-corrected chi connectivity index (χ0v) is 18.3. The number of fused-ring (bicyclic) bond motifs is 3. The van der Waals surface area contributed by atoms with Crippen molar-refractivity contribution >= 4 is 16.7 Å². The van der Waals surface area contributed by atoms with Crippen LogP contribution in [-0.2, 0) is 18.9 Å². The van der Waals surface area contributed by atoms with Crippen LogP contribution in [-0.4, -0.2) is 34.5 Å². The maximum atomic E-state index is 5.63. The third kappa shape index (κ3) is 2.39. The molecule has 4 aromatic rings. The third-order valence-electron chi connectivity index (χ3n) is 8.39. The molecule has 8 nitrogen and oxygen atoms in total. The molecule has 4 atom stereocenters. The van der Waals surface area contributed by atoms with Gasteiger partial charge in [-0.1, -0.05) is 5.16 Å². The van der Waals surface area contributed by atoms with Gasteiger partial charge in [-0.15, -0.1) is 5.10 Å². The van der Waals surface area contributed by atoms with Crippen molar-refractivity contribution in [3.63, 3.8) is 0 Å². The minimum absolute atomic E-state index is 0.218. The number of hydrogen-bond donors (Lipinski definition) is 0. The molecule has 0 radical (unpaired) electrons. The molecule has 31 heavy (non-hydrogen) atoms. The number of rotatable bonds is 3. The van der Waals surface area contributed by atoms with Gasteiger partial charge in [0, 0.05) is 24.4 Å². The average Bonchev–Trinajstić information content (AvgIpc) is 3.37. The molecule has 0 aromatic carbocycles. The Labute approximate surface area is 180 Å². The van der Waals surface area contributed by atoms with E-state index in [0.29, 0.717) is 0 Å². The predicted octanol–water partition coefficient (Wildman–Crippen LogP) is 3.70. The second kappa shape index (κ2) is 5.72. The molecule has 8 rings (SSSR count). The first-order valence-electron chi connectivity index (χ1n) is 11.4. The SMILES string of the molecule is Cc1noc(C)c1C12C[C@@H]3C[C@@H](CC(Cc4nc5c6cnn(C)c6ncn5n4)(C3)C1)C2. The van der Waals surface area contributed by atoms with Crippen molar-refractivity contribution in [2.45, 2.75) is 64.2 Å². The molecule has 4 saturated carbocycles. The topological polar surface area (TPSA) is 86.9 Å². The van der Waals surface area contributed by atoms with Crippen LogP contribution in [0.2, 0.25) is 0 Å². The lowest BCUT2D eigenvalue weighted by Gasteiger charge is -2.62. The summed E-state index contributed by atoms with van der Waals surface area (Å²) in [5.41, 5.74) is 4.68. The molecule has 8 heteroatoms. The van der Waals surface area contributed by atoms with E-state index in [1.807, 2.05) is 17.8 Å². The minimum atomic E-state index is 0.218. The highest BCUT2D eigenvalue weighted by atomic mass is 16.5. The van der Waals surface area contributed by atoms with Crippen LogP contribution in [0.15, 0.2) is 17.0 Å². The van der Waals surface area contributed by atoms with Crippen molar-refractivity contribution < 1.29 is 4.52 Å². The van der Waals surface area contributed by atoms with Crippen LogP contribution in [0.3, 0.4) is 0 Å². The van der Waals surface area contributed by atoms with Crippen LogP contribution >= 0.6 is 0 Å². The fourth-order valence-corrected chi connectivity index (χ4v) is 8.08. The normalized spacial score (nSPS) is 32.0. The van der Waals surface area contributed by atoms with Gasteiger partial charge in [0.15, 0.2) is 17.1 Å². The van der Waals surface area contributed by atoms with Gasteiger partial charge in [-0.25, -0.2) is 14.5 Å². The van der Waals surface area contributed by atoms with Gasteiger partial charge >= 0.3 is 0 Å². The van der Waals surface area contributed by atoms with Gasteiger partial charge in [-0.3, -0.25) is 4.68 Å². The molecule has 0 spiro atoms.